The summed E-state index contributed by atoms with van der Waals surface area (Å²) < 4.78 is 5.46. The summed E-state index contributed by atoms with van der Waals surface area (Å²) in [6.07, 6.45) is 7.17. The summed E-state index contributed by atoms with van der Waals surface area (Å²) in [5.74, 6) is 0.994. The molecule has 3 heterocycles. The van der Waals surface area contributed by atoms with Crippen LogP contribution < -0.4 is 5.32 Å². The van der Waals surface area contributed by atoms with E-state index in [1.54, 1.807) is 0 Å². The third-order valence-electron chi connectivity index (χ3n) is 6.09. The predicted octanol–water partition coefficient (Wildman–Crippen LogP) is 0.911. The molecule has 1 atom stereocenters. The van der Waals surface area contributed by atoms with Gasteiger partial charge in [-0.3, -0.25) is 9.89 Å². The van der Waals surface area contributed by atoms with Crippen molar-refractivity contribution in [1.82, 2.24) is 15.1 Å². The first-order valence-corrected chi connectivity index (χ1v) is 9.65. The van der Waals surface area contributed by atoms with Crippen LogP contribution in [0.25, 0.3) is 0 Å². The maximum atomic E-state index is 9.85. The Balaban J connectivity index is 1.51. The van der Waals surface area contributed by atoms with Crippen molar-refractivity contribution in [3.63, 3.8) is 0 Å². The number of aliphatic hydroxyl groups is 1. The van der Waals surface area contributed by atoms with Crippen molar-refractivity contribution >= 4 is 5.96 Å². The minimum atomic E-state index is -0.0554. The van der Waals surface area contributed by atoms with Crippen molar-refractivity contribution in [2.45, 2.75) is 44.6 Å². The van der Waals surface area contributed by atoms with Gasteiger partial charge < -0.3 is 20.1 Å². The monoisotopic (exact) mass is 338 g/mol. The number of hydrogen-bond donors (Lipinski definition) is 2. The van der Waals surface area contributed by atoms with E-state index in [1.807, 2.05) is 7.05 Å². The number of hydrogen-bond acceptors (Lipinski definition) is 4. The van der Waals surface area contributed by atoms with Gasteiger partial charge >= 0.3 is 0 Å². The number of likely N-dealkylation sites (tertiary alicyclic amines) is 2. The molecule has 0 radical (unpaired) electrons. The summed E-state index contributed by atoms with van der Waals surface area (Å²) >= 11 is 0. The van der Waals surface area contributed by atoms with Crippen LogP contribution in [-0.2, 0) is 4.74 Å². The summed E-state index contributed by atoms with van der Waals surface area (Å²) in [5, 5.41) is 13.4. The number of ether oxygens (including phenoxy) is 1. The van der Waals surface area contributed by atoms with Crippen LogP contribution in [0.15, 0.2) is 4.99 Å². The van der Waals surface area contributed by atoms with Crippen molar-refractivity contribution < 1.29 is 9.84 Å². The quantitative estimate of drug-likeness (QED) is 0.589. The molecule has 3 aliphatic rings. The van der Waals surface area contributed by atoms with Gasteiger partial charge in [0.2, 0.25) is 0 Å². The maximum Gasteiger partial charge on any atom is 0.193 e. The van der Waals surface area contributed by atoms with Gasteiger partial charge in [-0.25, -0.2) is 0 Å². The van der Waals surface area contributed by atoms with Gasteiger partial charge in [0.15, 0.2) is 5.96 Å². The van der Waals surface area contributed by atoms with Crippen LogP contribution in [-0.4, -0.2) is 86.5 Å². The highest BCUT2D eigenvalue weighted by Crippen LogP contribution is 2.29. The fraction of sp³-hybridized carbons (Fsp3) is 0.944. The van der Waals surface area contributed by atoms with Crippen molar-refractivity contribution in [3.8, 4) is 0 Å². The Morgan fingerprint density at radius 2 is 1.96 bits per heavy atom. The van der Waals surface area contributed by atoms with Gasteiger partial charge in [-0.05, 0) is 45.2 Å². The molecule has 0 saturated carbocycles. The van der Waals surface area contributed by atoms with Gasteiger partial charge in [0.1, 0.15) is 0 Å². The molecule has 0 aromatic heterocycles. The Morgan fingerprint density at radius 1 is 1.21 bits per heavy atom. The standard InChI is InChI=1S/C18H34N4O2/c1-19-17(20-14-18(15-23)6-11-24-12-7-18)22-10-5-16(13-22)21-8-3-2-4-9-21/h16,23H,2-15H2,1H3,(H,19,20). The second kappa shape index (κ2) is 8.50. The Kier molecular flexibility index (Phi) is 6.36. The molecule has 0 amide bonds. The first kappa shape index (κ1) is 18.0. The highest BCUT2D eigenvalue weighted by atomic mass is 16.5. The minimum Gasteiger partial charge on any atom is -0.396 e. The number of aliphatic imine (C=N–C) groups is 1. The second-order valence-electron chi connectivity index (χ2n) is 7.66. The molecular weight excluding hydrogens is 304 g/mol. The van der Waals surface area contributed by atoms with Crippen molar-refractivity contribution in [2.75, 3.05) is 59.6 Å². The van der Waals surface area contributed by atoms with Gasteiger partial charge in [0.25, 0.3) is 0 Å². The lowest BCUT2D eigenvalue weighted by Crippen LogP contribution is -2.49. The average molecular weight is 338 g/mol. The first-order chi connectivity index (χ1) is 11.8. The van der Waals surface area contributed by atoms with Crippen LogP contribution in [0.2, 0.25) is 0 Å². The Morgan fingerprint density at radius 3 is 2.62 bits per heavy atom. The van der Waals surface area contributed by atoms with Crippen LogP contribution in [0, 0.1) is 5.41 Å². The highest BCUT2D eigenvalue weighted by molar-refractivity contribution is 5.80. The molecule has 3 fully saturated rings. The third kappa shape index (κ3) is 4.21. The molecule has 0 bridgehead atoms. The number of rotatable bonds is 4. The van der Waals surface area contributed by atoms with Crippen LogP contribution in [0.1, 0.15) is 38.5 Å². The summed E-state index contributed by atoms with van der Waals surface area (Å²) in [6, 6.07) is 0.679. The lowest BCUT2D eigenvalue weighted by atomic mass is 9.81. The molecule has 24 heavy (non-hydrogen) atoms. The molecule has 2 N–H and O–H groups in total. The van der Waals surface area contributed by atoms with Gasteiger partial charge in [-0.1, -0.05) is 6.42 Å². The zero-order valence-corrected chi connectivity index (χ0v) is 15.2. The predicted molar refractivity (Wildman–Crippen MR) is 96.3 cm³/mol. The zero-order valence-electron chi connectivity index (χ0n) is 15.2. The van der Waals surface area contributed by atoms with Crippen LogP contribution in [0.5, 0.6) is 0 Å². The lowest BCUT2D eigenvalue weighted by Gasteiger charge is -2.37. The summed E-state index contributed by atoms with van der Waals surface area (Å²) in [7, 11) is 1.87. The number of guanidine groups is 1. The molecular formula is C18H34N4O2. The van der Waals surface area contributed by atoms with Crippen molar-refractivity contribution in [1.29, 1.82) is 0 Å². The van der Waals surface area contributed by atoms with E-state index < -0.39 is 0 Å². The molecule has 3 rings (SSSR count). The molecule has 6 heteroatoms. The topological polar surface area (TPSA) is 60.3 Å². The average Bonchev–Trinajstić information content (AvgIpc) is 3.14. The molecule has 1 unspecified atom stereocenters. The van der Waals surface area contributed by atoms with E-state index >= 15 is 0 Å². The molecule has 138 valence electrons. The Bertz CT molecular complexity index is 417. The largest absolute Gasteiger partial charge is 0.396 e. The van der Waals surface area contributed by atoms with Gasteiger partial charge in [0, 0.05) is 51.4 Å². The van der Waals surface area contributed by atoms with E-state index in [9.17, 15) is 5.11 Å². The van der Waals surface area contributed by atoms with Gasteiger partial charge in [-0.2, -0.15) is 0 Å². The first-order valence-electron chi connectivity index (χ1n) is 9.65. The van der Waals surface area contributed by atoms with E-state index in [2.05, 4.69) is 20.1 Å². The second-order valence-corrected chi connectivity index (χ2v) is 7.66. The SMILES string of the molecule is CN=C(NCC1(CO)CCOCC1)N1CCC(N2CCCCC2)C1. The molecule has 3 aliphatic heterocycles. The van der Waals surface area contributed by atoms with E-state index in [0.717, 1.165) is 51.6 Å². The highest BCUT2D eigenvalue weighted by Gasteiger charge is 2.34. The molecule has 0 aromatic rings. The number of nitrogens with one attached hydrogen (secondary N) is 1. The number of piperidine rings is 1. The van der Waals surface area contributed by atoms with Crippen molar-refractivity contribution in [2.24, 2.45) is 10.4 Å². The van der Waals surface area contributed by atoms with Crippen LogP contribution >= 0.6 is 0 Å². The van der Waals surface area contributed by atoms with E-state index in [0.29, 0.717) is 6.04 Å². The summed E-state index contributed by atoms with van der Waals surface area (Å²) in [5.41, 5.74) is -0.0554. The fourth-order valence-corrected chi connectivity index (χ4v) is 4.31. The fourth-order valence-electron chi connectivity index (χ4n) is 4.31. The molecule has 6 nitrogen and oxygen atoms in total. The lowest BCUT2D eigenvalue weighted by molar-refractivity contribution is -0.0134. The minimum absolute atomic E-state index is 0.0554. The van der Waals surface area contributed by atoms with E-state index in [1.165, 1.54) is 38.8 Å². The Labute approximate surface area is 146 Å². The number of aliphatic hydroxyl groups excluding tert-OH is 1. The zero-order chi connectivity index (χ0) is 16.8. The van der Waals surface area contributed by atoms with E-state index in [-0.39, 0.29) is 12.0 Å². The van der Waals surface area contributed by atoms with Gasteiger partial charge in [-0.15, -0.1) is 0 Å². The third-order valence-corrected chi connectivity index (χ3v) is 6.09. The Hall–Kier alpha value is -0.850. The molecule has 3 saturated heterocycles. The number of nitrogens with zero attached hydrogens (tertiary/aromatic N) is 3. The van der Waals surface area contributed by atoms with Crippen LogP contribution in [0.3, 0.4) is 0 Å². The molecule has 0 aliphatic carbocycles. The van der Waals surface area contributed by atoms with Crippen LogP contribution in [0.4, 0.5) is 0 Å². The normalized spacial score (nSPS) is 29.0. The summed E-state index contributed by atoms with van der Waals surface area (Å²) in [4.78, 5) is 9.56. The summed E-state index contributed by atoms with van der Waals surface area (Å²) in [6.45, 7) is 7.19. The van der Waals surface area contributed by atoms with Crippen molar-refractivity contribution in [3.05, 3.63) is 0 Å². The molecule has 0 spiro atoms. The maximum absolute atomic E-state index is 9.85. The molecule has 0 aromatic carbocycles. The smallest absolute Gasteiger partial charge is 0.193 e. The van der Waals surface area contributed by atoms with Gasteiger partial charge in [0.05, 0.1) is 6.61 Å². The van der Waals surface area contributed by atoms with E-state index in [4.69, 9.17) is 4.74 Å².